The van der Waals surface area contributed by atoms with Crippen LogP contribution in [0.15, 0.2) is 30.3 Å². The van der Waals surface area contributed by atoms with E-state index < -0.39 is 0 Å². The molecule has 0 bridgehead atoms. The summed E-state index contributed by atoms with van der Waals surface area (Å²) in [6, 6.07) is 10.5. The van der Waals surface area contributed by atoms with Gasteiger partial charge in [-0.2, -0.15) is 0 Å². The minimum Gasteiger partial charge on any atom is -0.373 e. The molecule has 1 aliphatic heterocycles. The van der Waals surface area contributed by atoms with Crippen molar-refractivity contribution in [1.29, 1.82) is 0 Å². The van der Waals surface area contributed by atoms with E-state index >= 15 is 0 Å². The Morgan fingerprint density at radius 2 is 2.10 bits per heavy atom. The topological polar surface area (TPSA) is 26.3 Å². The van der Waals surface area contributed by atoms with Crippen molar-refractivity contribution in [3.8, 4) is 0 Å². The number of thiophene rings is 1. The second-order valence-electron chi connectivity index (χ2n) is 5.85. The SMILES string of the molecule is O=C(CC1OCCc2ccccc21)c1cc2c(s1)CCC2. The minimum absolute atomic E-state index is 0.0700. The fourth-order valence-corrected chi connectivity index (χ4v) is 4.58. The molecule has 1 atom stereocenters. The van der Waals surface area contributed by atoms with Gasteiger partial charge in [-0.3, -0.25) is 4.79 Å². The van der Waals surface area contributed by atoms with E-state index in [0.29, 0.717) is 6.42 Å². The fraction of sp³-hybridized carbons (Fsp3) is 0.389. The highest BCUT2D eigenvalue weighted by atomic mass is 32.1. The van der Waals surface area contributed by atoms with Crippen molar-refractivity contribution < 1.29 is 9.53 Å². The number of rotatable bonds is 3. The minimum atomic E-state index is -0.0700. The lowest BCUT2D eigenvalue weighted by molar-refractivity contribution is 0.0353. The molecule has 2 nitrogen and oxygen atoms in total. The van der Waals surface area contributed by atoms with Crippen molar-refractivity contribution in [2.45, 2.75) is 38.2 Å². The normalized spacial score (nSPS) is 20.1. The largest absolute Gasteiger partial charge is 0.373 e. The first-order valence-electron chi connectivity index (χ1n) is 7.65. The molecule has 2 aromatic rings. The maximum Gasteiger partial charge on any atom is 0.175 e. The van der Waals surface area contributed by atoms with Gasteiger partial charge in [-0.25, -0.2) is 0 Å². The summed E-state index contributed by atoms with van der Waals surface area (Å²) < 4.78 is 5.86. The molecule has 108 valence electrons. The average molecular weight is 298 g/mol. The number of aryl methyl sites for hydroxylation is 2. The number of ether oxygens (including phenoxy) is 1. The number of ketones is 1. The van der Waals surface area contributed by atoms with Gasteiger partial charge in [0.1, 0.15) is 0 Å². The molecule has 0 radical (unpaired) electrons. The average Bonchev–Trinajstić information content (AvgIpc) is 3.09. The van der Waals surface area contributed by atoms with Crippen molar-refractivity contribution in [2.24, 2.45) is 0 Å². The van der Waals surface area contributed by atoms with Crippen LogP contribution in [0.25, 0.3) is 0 Å². The number of hydrogen-bond donors (Lipinski definition) is 0. The molecule has 0 N–H and O–H groups in total. The lowest BCUT2D eigenvalue weighted by Gasteiger charge is -2.25. The second-order valence-corrected chi connectivity index (χ2v) is 6.98. The molecule has 0 saturated heterocycles. The molecule has 0 saturated carbocycles. The van der Waals surface area contributed by atoms with Crippen molar-refractivity contribution in [3.63, 3.8) is 0 Å². The molecule has 1 unspecified atom stereocenters. The zero-order valence-corrected chi connectivity index (χ0v) is 12.7. The summed E-state index contributed by atoms with van der Waals surface area (Å²) in [4.78, 5) is 14.9. The molecule has 0 fully saturated rings. The monoisotopic (exact) mass is 298 g/mol. The summed E-state index contributed by atoms with van der Waals surface area (Å²) in [5, 5.41) is 0. The van der Waals surface area contributed by atoms with Gasteiger partial charge in [0.05, 0.1) is 17.6 Å². The van der Waals surface area contributed by atoms with Gasteiger partial charge in [0.15, 0.2) is 5.78 Å². The highest BCUT2D eigenvalue weighted by Gasteiger charge is 2.25. The van der Waals surface area contributed by atoms with Crippen molar-refractivity contribution >= 4 is 17.1 Å². The molecule has 0 amide bonds. The van der Waals surface area contributed by atoms with E-state index in [-0.39, 0.29) is 11.9 Å². The molecule has 21 heavy (non-hydrogen) atoms. The van der Waals surface area contributed by atoms with Gasteiger partial charge in [-0.1, -0.05) is 24.3 Å². The Bertz CT molecular complexity index is 665. The molecule has 0 spiro atoms. The summed E-state index contributed by atoms with van der Waals surface area (Å²) in [5.41, 5.74) is 3.92. The summed E-state index contributed by atoms with van der Waals surface area (Å²) in [6.07, 6.45) is 4.89. The number of Topliss-reactive ketones (excluding diaryl/α,β-unsaturated/α-hetero) is 1. The summed E-state index contributed by atoms with van der Waals surface area (Å²) in [5.74, 6) is 0.233. The molecule has 3 heteroatoms. The van der Waals surface area contributed by atoms with Gasteiger partial charge in [0.25, 0.3) is 0 Å². The third kappa shape index (κ3) is 2.45. The zero-order chi connectivity index (χ0) is 14.2. The fourth-order valence-electron chi connectivity index (χ4n) is 3.38. The Morgan fingerprint density at radius 3 is 3.00 bits per heavy atom. The molecule has 1 aromatic carbocycles. The van der Waals surface area contributed by atoms with Crippen molar-refractivity contribution in [3.05, 3.63) is 56.8 Å². The van der Waals surface area contributed by atoms with E-state index in [1.54, 1.807) is 11.3 Å². The third-order valence-electron chi connectivity index (χ3n) is 4.48. The number of hydrogen-bond acceptors (Lipinski definition) is 3. The molecule has 2 aliphatic rings. The first-order chi connectivity index (χ1) is 10.3. The Labute approximate surface area is 128 Å². The van der Waals surface area contributed by atoms with Crippen molar-refractivity contribution in [2.75, 3.05) is 6.61 Å². The lowest BCUT2D eigenvalue weighted by atomic mass is 9.94. The van der Waals surface area contributed by atoms with Crippen LogP contribution in [-0.4, -0.2) is 12.4 Å². The van der Waals surface area contributed by atoms with Crippen LogP contribution in [0.5, 0.6) is 0 Å². The Kier molecular flexibility index (Phi) is 3.40. The van der Waals surface area contributed by atoms with E-state index in [2.05, 4.69) is 24.3 Å². The molecule has 1 aliphatic carbocycles. The van der Waals surface area contributed by atoms with Gasteiger partial charge in [-0.15, -0.1) is 11.3 Å². The first-order valence-corrected chi connectivity index (χ1v) is 8.47. The van der Waals surface area contributed by atoms with E-state index in [9.17, 15) is 4.79 Å². The predicted molar refractivity (Wildman–Crippen MR) is 84.1 cm³/mol. The maximum absolute atomic E-state index is 12.6. The van der Waals surface area contributed by atoms with Crippen LogP contribution in [0.3, 0.4) is 0 Å². The van der Waals surface area contributed by atoms with E-state index in [1.807, 2.05) is 6.07 Å². The van der Waals surface area contributed by atoms with Gasteiger partial charge in [0.2, 0.25) is 0 Å². The first kappa shape index (κ1) is 13.2. The smallest absolute Gasteiger partial charge is 0.175 e. The molecular formula is C18H18O2S. The van der Waals surface area contributed by atoms with Crippen LogP contribution in [0.2, 0.25) is 0 Å². The molecule has 2 heterocycles. The van der Waals surface area contributed by atoms with Gasteiger partial charge in [0, 0.05) is 11.3 Å². The predicted octanol–water partition coefficient (Wildman–Crippen LogP) is 4.12. The van der Waals surface area contributed by atoms with Crippen molar-refractivity contribution in [1.82, 2.24) is 0 Å². The van der Waals surface area contributed by atoms with E-state index in [4.69, 9.17) is 4.74 Å². The highest BCUT2D eigenvalue weighted by Crippen LogP contribution is 2.34. The zero-order valence-electron chi connectivity index (χ0n) is 11.9. The summed E-state index contributed by atoms with van der Waals surface area (Å²) in [6.45, 7) is 0.718. The Balaban J connectivity index is 1.54. The van der Waals surface area contributed by atoms with Crippen LogP contribution in [-0.2, 0) is 24.0 Å². The van der Waals surface area contributed by atoms with Crippen LogP contribution in [0, 0.1) is 0 Å². The summed E-state index contributed by atoms with van der Waals surface area (Å²) in [7, 11) is 0. The van der Waals surface area contributed by atoms with Gasteiger partial charge in [-0.05, 0) is 48.4 Å². The number of carbonyl (C=O) groups excluding carboxylic acids is 1. The van der Waals surface area contributed by atoms with Crippen LogP contribution in [0.1, 0.15) is 50.2 Å². The van der Waals surface area contributed by atoms with E-state index in [0.717, 1.165) is 30.7 Å². The summed E-state index contributed by atoms with van der Waals surface area (Å²) >= 11 is 1.69. The van der Waals surface area contributed by atoms with Gasteiger partial charge >= 0.3 is 0 Å². The number of carbonyl (C=O) groups is 1. The highest BCUT2D eigenvalue weighted by molar-refractivity contribution is 7.14. The third-order valence-corrected chi connectivity index (χ3v) is 5.76. The quantitative estimate of drug-likeness (QED) is 0.797. The van der Waals surface area contributed by atoms with Crippen LogP contribution < -0.4 is 0 Å². The Morgan fingerprint density at radius 1 is 1.19 bits per heavy atom. The van der Waals surface area contributed by atoms with Crippen LogP contribution in [0.4, 0.5) is 0 Å². The second kappa shape index (κ2) is 5.39. The van der Waals surface area contributed by atoms with Gasteiger partial charge < -0.3 is 4.74 Å². The standard InChI is InChI=1S/C18H18O2S/c19-15(18-10-13-5-3-7-17(13)21-18)11-16-14-6-2-1-4-12(14)8-9-20-16/h1-2,4,6,10,16H,3,5,7-9,11H2. The van der Waals surface area contributed by atoms with E-state index in [1.165, 1.54) is 28.0 Å². The molecule has 1 aromatic heterocycles. The number of benzene rings is 1. The lowest BCUT2D eigenvalue weighted by Crippen LogP contribution is -2.18. The van der Waals surface area contributed by atoms with Crippen LogP contribution >= 0.6 is 11.3 Å². The maximum atomic E-state index is 12.6. The number of fused-ring (bicyclic) bond motifs is 2. The molecule has 4 rings (SSSR count). The Hall–Kier alpha value is -1.45. The molecular weight excluding hydrogens is 280 g/mol.